The van der Waals surface area contributed by atoms with Gasteiger partial charge in [-0.1, -0.05) is 12.1 Å². The first-order chi connectivity index (χ1) is 10.9. The van der Waals surface area contributed by atoms with E-state index in [-0.39, 0.29) is 10.5 Å². The number of ether oxygens (including phenoxy) is 2. The molecular weight excluding hydrogens is 318 g/mol. The molecule has 6 nitrogen and oxygen atoms in total. The molecule has 0 spiro atoms. The summed E-state index contributed by atoms with van der Waals surface area (Å²) in [5.74, 6) is 0.459. The summed E-state index contributed by atoms with van der Waals surface area (Å²) in [6, 6.07) is 10.9. The second-order valence-electron chi connectivity index (χ2n) is 4.79. The Bertz CT molecular complexity index is 830. The molecule has 0 aromatic heterocycles. The van der Waals surface area contributed by atoms with Gasteiger partial charge in [-0.2, -0.15) is 0 Å². The summed E-state index contributed by atoms with van der Waals surface area (Å²) in [6.45, 7) is 0. The molecular formula is C16H17NO5S. The Morgan fingerprint density at radius 1 is 1.04 bits per heavy atom. The van der Waals surface area contributed by atoms with Crippen LogP contribution < -0.4 is 14.8 Å². The molecule has 0 aliphatic heterocycles. The van der Waals surface area contributed by atoms with Crippen LogP contribution in [0.1, 0.15) is 10.4 Å². The van der Waals surface area contributed by atoms with Crippen LogP contribution in [-0.2, 0) is 9.84 Å². The third-order valence-electron chi connectivity index (χ3n) is 3.19. The van der Waals surface area contributed by atoms with Gasteiger partial charge in [0.2, 0.25) is 0 Å². The lowest BCUT2D eigenvalue weighted by molar-refractivity contribution is 0.102. The highest BCUT2D eigenvalue weighted by Crippen LogP contribution is 2.29. The fourth-order valence-corrected chi connectivity index (χ4v) is 2.95. The van der Waals surface area contributed by atoms with E-state index in [2.05, 4.69) is 5.32 Å². The summed E-state index contributed by atoms with van der Waals surface area (Å²) in [4.78, 5) is 12.4. The molecule has 0 radical (unpaired) electrons. The average molecular weight is 335 g/mol. The third kappa shape index (κ3) is 3.81. The van der Waals surface area contributed by atoms with Crippen LogP contribution in [0.15, 0.2) is 47.4 Å². The molecule has 0 aliphatic rings. The number of methoxy groups -OCH3 is 2. The van der Waals surface area contributed by atoms with Gasteiger partial charge in [0.25, 0.3) is 5.91 Å². The van der Waals surface area contributed by atoms with Crippen molar-refractivity contribution in [3.63, 3.8) is 0 Å². The lowest BCUT2D eigenvalue weighted by atomic mass is 10.2. The van der Waals surface area contributed by atoms with Crippen molar-refractivity contribution in [2.24, 2.45) is 0 Å². The Morgan fingerprint density at radius 3 is 2.35 bits per heavy atom. The highest BCUT2D eigenvalue weighted by molar-refractivity contribution is 7.90. The van der Waals surface area contributed by atoms with Crippen LogP contribution in [0.2, 0.25) is 0 Å². The average Bonchev–Trinajstić information content (AvgIpc) is 2.54. The van der Waals surface area contributed by atoms with Crippen molar-refractivity contribution in [2.45, 2.75) is 4.90 Å². The number of nitrogens with one attached hydrogen (secondary N) is 1. The Labute approximate surface area is 135 Å². The van der Waals surface area contributed by atoms with Gasteiger partial charge in [-0.15, -0.1) is 0 Å². The lowest BCUT2D eigenvalue weighted by Crippen LogP contribution is -2.16. The number of hydrogen-bond donors (Lipinski definition) is 1. The molecule has 0 saturated carbocycles. The van der Waals surface area contributed by atoms with E-state index in [0.717, 1.165) is 6.26 Å². The molecule has 2 aromatic rings. The number of anilines is 1. The van der Waals surface area contributed by atoms with Gasteiger partial charge in [-0.05, 0) is 24.3 Å². The molecule has 122 valence electrons. The third-order valence-corrected chi connectivity index (χ3v) is 4.34. The number of carbonyl (C=O) groups excluding carboxylic acids is 1. The normalized spacial score (nSPS) is 10.9. The molecule has 2 rings (SSSR count). The van der Waals surface area contributed by atoms with Crippen molar-refractivity contribution in [2.75, 3.05) is 25.8 Å². The molecule has 0 saturated heterocycles. The van der Waals surface area contributed by atoms with Crippen molar-refractivity contribution in [3.8, 4) is 11.5 Å². The zero-order valence-corrected chi connectivity index (χ0v) is 13.8. The summed E-state index contributed by atoms with van der Waals surface area (Å²) in [5, 5.41) is 2.66. The van der Waals surface area contributed by atoms with E-state index in [1.165, 1.54) is 26.4 Å². The van der Waals surface area contributed by atoms with Crippen molar-refractivity contribution in [1.29, 1.82) is 0 Å². The highest BCUT2D eigenvalue weighted by atomic mass is 32.2. The molecule has 7 heteroatoms. The fourth-order valence-electron chi connectivity index (χ4n) is 2.07. The lowest BCUT2D eigenvalue weighted by Gasteiger charge is -2.13. The Kier molecular flexibility index (Phi) is 4.90. The second-order valence-corrected chi connectivity index (χ2v) is 6.77. The standard InChI is InChI=1S/C16H17NO5S/c1-21-11-8-9-13(14(10-11)22-2)17-16(18)12-6-4-5-7-15(12)23(3,19)20/h4-10H,1-3H3,(H,17,18). The first kappa shape index (κ1) is 16.8. The Balaban J connectivity index is 2.38. The predicted octanol–water partition coefficient (Wildman–Crippen LogP) is 2.36. The van der Waals surface area contributed by atoms with Gasteiger partial charge in [0, 0.05) is 12.3 Å². The van der Waals surface area contributed by atoms with Crippen molar-refractivity contribution >= 4 is 21.4 Å². The first-order valence-corrected chi connectivity index (χ1v) is 8.58. The molecule has 23 heavy (non-hydrogen) atoms. The summed E-state index contributed by atoms with van der Waals surface area (Å²) in [7, 11) is -0.519. The van der Waals surface area contributed by atoms with Crippen LogP contribution in [0, 0.1) is 0 Å². The van der Waals surface area contributed by atoms with Gasteiger partial charge < -0.3 is 14.8 Å². The molecule has 1 N–H and O–H groups in total. The van der Waals surface area contributed by atoms with Gasteiger partial charge >= 0.3 is 0 Å². The van der Waals surface area contributed by atoms with Crippen molar-refractivity contribution < 1.29 is 22.7 Å². The Hall–Kier alpha value is -2.54. The van der Waals surface area contributed by atoms with Crippen LogP contribution in [0.4, 0.5) is 5.69 Å². The van der Waals surface area contributed by atoms with Crippen LogP contribution in [-0.4, -0.2) is 34.8 Å². The molecule has 2 aromatic carbocycles. The van der Waals surface area contributed by atoms with E-state index < -0.39 is 15.7 Å². The maximum atomic E-state index is 12.4. The smallest absolute Gasteiger partial charge is 0.257 e. The molecule has 0 unspecified atom stereocenters. The number of carbonyl (C=O) groups is 1. The summed E-state index contributed by atoms with van der Waals surface area (Å²) >= 11 is 0. The van der Waals surface area contributed by atoms with E-state index in [4.69, 9.17) is 9.47 Å². The molecule has 0 bridgehead atoms. The number of sulfone groups is 1. The SMILES string of the molecule is COc1ccc(NC(=O)c2ccccc2S(C)(=O)=O)c(OC)c1. The number of hydrogen-bond acceptors (Lipinski definition) is 5. The van der Waals surface area contributed by atoms with Crippen LogP contribution >= 0.6 is 0 Å². The molecule has 0 heterocycles. The summed E-state index contributed by atoms with van der Waals surface area (Å²) < 4.78 is 33.9. The maximum Gasteiger partial charge on any atom is 0.257 e. The van der Waals surface area contributed by atoms with Crippen LogP contribution in [0.25, 0.3) is 0 Å². The van der Waals surface area contributed by atoms with E-state index in [1.54, 1.807) is 30.3 Å². The maximum absolute atomic E-state index is 12.4. The fraction of sp³-hybridized carbons (Fsp3) is 0.188. The monoisotopic (exact) mass is 335 g/mol. The number of amides is 1. The highest BCUT2D eigenvalue weighted by Gasteiger charge is 2.19. The summed E-state index contributed by atoms with van der Waals surface area (Å²) in [5.41, 5.74) is 0.495. The van der Waals surface area contributed by atoms with Gasteiger partial charge in [-0.25, -0.2) is 8.42 Å². The zero-order valence-electron chi connectivity index (χ0n) is 13.0. The van der Waals surface area contributed by atoms with Gasteiger partial charge in [0.15, 0.2) is 9.84 Å². The van der Waals surface area contributed by atoms with Crippen molar-refractivity contribution in [3.05, 3.63) is 48.0 Å². The minimum Gasteiger partial charge on any atom is -0.497 e. The van der Waals surface area contributed by atoms with Gasteiger partial charge in [0.05, 0.1) is 30.4 Å². The van der Waals surface area contributed by atoms with Gasteiger partial charge in [-0.3, -0.25) is 4.79 Å². The van der Waals surface area contributed by atoms with E-state index >= 15 is 0 Å². The quantitative estimate of drug-likeness (QED) is 0.907. The van der Waals surface area contributed by atoms with Gasteiger partial charge in [0.1, 0.15) is 11.5 Å². The topological polar surface area (TPSA) is 81.7 Å². The largest absolute Gasteiger partial charge is 0.497 e. The van der Waals surface area contributed by atoms with Crippen molar-refractivity contribution in [1.82, 2.24) is 0 Å². The van der Waals surface area contributed by atoms with E-state index in [1.807, 2.05) is 0 Å². The van der Waals surface area contributed by atoms with E-state index in [0.29, 0.717) is 17.2 Å². The van der Waals surface area contributed by atoms with Crippen LogP contribution in [0.3, 0.4) is 0 Å². The number of rotatable bonds is 5. The number of benzene rings is 2. The first-order valence-electron chi connectivity index (χ1n) is 6.69. The zero-order chi connectivity index (χ0) is 17.0. The molecule has 0 aliphatic carbocycles. The molecule has 0 atom stereocenters. The molecule has 0 fully saturated rings. The summed E-state index contributed by atoms with van der Waals surface area (Å²) in [6.07, 6.45) is 1.06. The Morgan fingerprint density at radius 2 is 1.74 bits per heavy atom. The minimum atomic E-state index is -3.51. The second kappa shape index (κ2) is 6.70. The minimum absolute atomic E-state index is 0.0232. The predicted molar refractivity (Wildman–Crippen MR) is 87.1 cm³/mol. The van der Waals surface area contributed by atoms with E-state index in [9.17, 15) is 13.2 Å². The van der Waals surface area contributed by atoms with Crippen LogP contribution in [0.5, 0.6) is 11.5 Å². The molecule has 1 amide bonds.